The summed E-state index contributed by atoms with van der Waals surface area (Å²) in [5.74, 6) is 0.934. The number of hydrogen-bond donors (Lipinski definition) is 1. The molecule has 2 rings (SSSR count). The van der Waals surface area contributed by atoms with Gasteiger partial charge in [-0.15, -0.1) is 0 Å². The topological polar surface area (TPSA) is 20.2 Å². The third-order valence-corrected chi connectivity index (χ3v) is 4.46. The third-order valence-electron chi connectivity index (χ3n) is 4.46. The summed E-state index contributed by atoms with van der Waals surface area (Å²) in [5.41, 5.74) is 3.04. The van der Waals surface area contributed by atoms with Crippen LogP contribution in [-0.4, -0.2) is 5.11 Å². The van der Waals surface area contributed by atoms with E-state index < -0.39 is 5.60 Å². The van der Waals surface area contributed by atoms with Gasteiger partial charge < -0.3 is 5.11 Å². The molecule has 0 amide bonds. The molecular formula is C17H26O. The Morgan fingerprint density at radius 3 is 2.28 bits per heavy atom. The molecule has 0 heterocycles. The SMILES string of the molecule is Cc1cc(C)cc(C2(O)CCCCC2C(C)C)c1. The molecule has 0 bridgehead atoms. The van der Waals surface area contributed by atoms with Crippen molar-refractivity contribution in [1.29, 1.82) is 0 Å². The van der Waals surface area contributed by atoms with Crippen LogP contribution in [0.1, 0.15) is 56.2 Å². The molecule has 1 heteroatoms. The zero-order chi connectivity index (χ0) is 13.3. The summed E-state index contributed by atoms with van der Waals surface area (Å²) in [4.78, 5) is 0. The van der Waals surface area contributed by atoms with Gasteiger partial charge in [0.15, 0.2) is 0 Å². The summed E-state index contributed by atoms with van der Waals surface area (Å²) >= 11 is 0. The number of rotatable bonds is 2. The van der Waals surface area contributed by atoms with E-state index in [2.05, 4.69) is 45.9 Å². The van der Waals surface area contributed by atoms with E-state index in [1.807, 2.05) is 0 Å². The summed E-state index contributed by atoms with van der Waals surface area (Å²) in [6.45, 7) is 8.72. The first kappa shape index (κ1) is 13.6. The zero-order valence-corrected chi connectivity index (χ0v) is 12.2. The lowest BCUT2D eigenvalue weighted by Gasteiger charge is -2.43. The Morgan fingerprint density at radius 1 is 1.11 bits per heavy atom. The molecule has 1 fully saturated rings. The second kappa shape index (κ2) is 5.05. The van der Waals surface area contributed by atoms with Crippen molar-refractivity contribution in [2.24, 2.45) is 11.8 Å². The summed E-state index contributed by atoms with van der Waals surface area (Å²) in [6, 6.07) is 6.53. The summed E-state index contributed by atoms with van der Waals surface area (Å²) in [5, 5.41) is 11.2. The first-order valence-electron chi connectivity index (χ1n) is 7.24. The minimum atomic E-state index is -0.608. The molecule has 1 N–H and O–H groups in total. The summed E-state index contributed by atoms with van der Waals surface area (Å²) in [6.07, 6.45) is 4.47. The summed E-state index contributed by atoms with van der Waals surface area (Å²) in [7, 11) is 0. The van der Waals surface area contributed by atoms with Crippen molar-refractivity contribution in [3.8, 4) is 0 Å². The van der Waals surface area contributed by atoms with Crippen molar-refractivity contribution in [1.82, 2.24) is 0 Å². The van der Waals surface area contributed by atoms with E-state index in [1.165, 1.54) is 17.5 Å². The van der Waals surface area contributed by atoms with Gasteiger partial charge in [-0.25, -0.2) is 0 Å². The average Bonchev–Trinajstić information content (AvgIpc) is 2.27. The van der Waals surface area contributed by atoms with Gasteiger partial charge in [0.1, 0.15) is 0 Å². The Bertz CT molecular complexity index is 401. The van der Waals surface area contributed by atoms with Crippen LogP contribution < -0.4 is 0 Å². The van der Waals surface area contributed by atoms with E-state index in [1.54, 1.807) is 0 Å². The Kier molecular flexibility index (Phi) is 3.82. The summed E-state index contributed by atoms with van der Waals surface area (Å²) < 4.78 is 0. The molecule has 2 unspecified atom stereocenters. The van der Waals surface area contributed by atoms with E-state index in [0.29, 0.717) is 11.8 Å². The first-order chi connectivity index (χ1) is 8.43. The van der Waals surface area contributed by atoms with Crippen LogP contribution in [0.2, 0.25) is 0 Å². The van der Waals surface area contributed by atoms with Gasteiger partial charge in [-0.2, -0.15) is 0 Å². The van der Waals surface area contributed by atoms with Crippen molar-refractivity contribution < 1.29 is 5.11 Å². The predicted molar refractivity (Wildman–Crippen MR) is 76.6 cm³/mol. The van der Waals surface area contributed by atoms with Crippen LogP contribution in [0.25, 0.3) is 0 Å². The van der Waals surface area contributed by atoms with Gasteiger partial charge in [-0.05, 0) is 44.1 Å². The molecule has 1 aromatic rings. The van der Waals surface area contributed by atoms with Gasteiger partial charge in [-0.3, -0.25) is 0 Å². The molecule has 0 aromatic heterocycles. The Labute approximate surface area is 111 Å². The van der Waals surface area contributed by atoms with Crippen molar-refractivity contribution in [2.45, 2.75) is 59.0 Å². The van der Waals surface area contributed by atoms with Crippen LogP contribution >= 0.6 is 0 Å². The van der Waals surface area contributed by atoms with Crippen LogP contribution in [0.15, 0.2) is 18.2 Å². The van der Waals surface area contributed by atoms with E-state index in [-0.39, 0.29) is 0 Å². The minimum absolute atomic E-state index is 0.396. The molecule has 18 heavy (non-hydrogen) atoms. The standard InChI is InChI=1S/C17H26O/c1-12(2)16-7-5-6-8-17(16,18)15-10-13(3)9-14(4)11-15/h9-12,16,18H,5-8H2,1-4H3. The normalized spacial score (nSPS) is 28.7. The largest absolute Gasteiger partial charge is 0.385 e. The molecule has 0 aliphatic heterocycles. The lowest BCUT2D eigenvalue weighted by Crippen LogP contribution is -2.40. The Balaban J connectivity index is 2.43. The molecule has 2 atom stereocenters. The molecule has 1 nitrogen and oxygen atoms in total. The van der Waals surface area contributed by atoms with E-state index >= 15 is 0 Å². The fourth-order valence-electron chi connectivity index (χ4n) is 3.65. The molecule has 1 aromatic carbocycles. The molecule has 0 radical (unpaired) electrons. The smallest absolute Gasteiger partial charge is 0.0927 e. The second-order valence-corrected chi connectivity index (χ2v) is 6.40. The average molecular weight is 246 g/mol. The van der Waals surface area contributed by atoms with Crippen molar-refractivity contribution >= 4 is 0 Å². The van der Waals surface area contributed by atoms with E-state index in [4.69, 9.17) is 0 Å². The molecule has 1 saturated carbocycles. The highest BCUT2D eigenvalue weighted by molar-refractivity contribution is 5.33. The third kappa shape index (κ3) is 2.47. The van der Waals surface area contributed by atoms with E-state index in [9.17, 15) is 5.11 Å². The van der Waals surface area contributed by atoms with Gasteiger partial charge in [-0.1, -0.05) is 56.0 Å². The van der Waals surface area contributed by atoms with Crippen LogP contribution in [0.5, 0.6) is 0 Å². The fourth-order valence-corrected chi connectivity index (χ4v) is 3.65. The minimum Gasteiger partial charge on any atom is -0.385 e. The van der Waals surface area contributed by atoms with Crippen molar-refractivity contribution in [3.05, 3.63) is 34.9 Å². The molecule has 1 aliphatic rings. The molecular weight excluding hydrogens is 220 g/mol. The van der Waals surface area contributed by atoms with Crippen molar-refractivity contribution in [2.75, 3.05) is 0 Å². The lowest BCUT2D eigenvalue weighted by molar-refractivity contribution is -0.0722. The van der Waals surface area contributed by atoms with Crippen molar-refractivity contribution in [3.63, 3.8) is 0 Å². The maximum Gasteiger partial charge on any atom is 0.0927 e. The van der Waals surface area contributed by atoms with Crippen LogP contribution in [-0.2, 0) is 5.60 Å². The van der Waals surface area contributed by atoms with Crippen LogP contribution in [0, 0.1) is 25.7 Å². The first-order valence-corrected chi connectivity index (χ1v) is 7.24. The van der Waals surface area contributed by atoms with Gasteiger partial charge in [0.25, 0.3) is 0 Å². The number of aliphatic hydroxyl groups is 1. The second-order valence-electron chi connectivity index (χ2n) is 6.40. The van der Waals surface area contributed by atoms with Gasteiger partial charge >= 0.3 is 0 Å². The molecule has 0 saturated heterocycles. The maximum absolute atomic E-state index is 11.2. The Hall–Kier alpha value is -0.820. The lowest BCUT2D eigenvalue weighted by atomic mass is 9.67. The zero-order valence-electron chi connectivity index (χ0n) is 12.2. The highest BCUT2D eigenvalue weighted by atomic mass is 16.3. The van der Waals surface area contributed by atoms with E-state index in [0.717, 1.165) is 24.8 Å². The molecule has 0 spiro atoms. The Morgan fingerprint density at radius 2 is 1.72 bits per heavy atom. The number of aryl methyl sites for hydroxylation is 2. The maximum atomic E-state index is 11.2. The molecule has 100 valence electrons. The molecule has 1 aliphatic carbocycles. The highest BCUT2D eigenvalue weighted by Gasteiger charge is 2.41. The van der Waals surface area contributed by atoms with Crippen LogP contribution in [0.3, 0.4) is 0 Å². The quantitative estimate of drug-likeness (QED) is 0.823. The number of benzene rings is 1. The van der Waals surface area contributed by atoms with Gasteiger partial charge in [0, 0.05) is 0 Å². The highest BCUT2D eigenvalue weighted by Crippen LogP contribution is 2.45. The van der Waals surface area contributed by atoms with Gasteiger partial charge in [0.2, 0.25) is 0 Å². The van der Waals surface area contributed by atoms with Crippen LogP contribution in [0.4, 0.5) is 0 Å². The fraction of sp³-hybridized carbons (Fsp3) is 0.647. The monoisotopic (exact) mass is 246 g/mol. The van der Waals surface area contributed by atoms with Gasteiger partial charge in [0.05, 0.1) is 5.60 Å². The predicted octanol–water partition coefficient (Wildman–Crippen LogP) is 4.34. The number of hydrogen-bond acceptors (Lipinski definition) is 1.